The maximum atomic E-state index is 12.8. The molecule has 0 fully saturated rings. The van der Waals surface area contributed by atoms with E-state index in [1.165, 1.54) is 31.1 Å². The molecule has 0 spiro atoms. The van der Waals surface area contributed by atoms with Crippen molar-refractivity contribution in [1.82, 2.24) is 4.90 Å². The van der Waals surface area contributed by atoms with E-state index in [4.69, 9.17) is 0 Å². The molecule has 0 aliphatic heterocycles. The first-order chi connectivity index (χ1) is 8.21. The minimum atomic E-state index is -4.47. The minimum Gasteiger partial charge on any atom is -0.376 e. The third kappa shape index (κ3) is 3.90. The lowest BCUT2D eigenvalue weighted by molar-refractivity contribution is -0.137. The molecule has 1 aromatic rings. The second kappa shape index (κ2) is 5.60. The molecule has 18 heavy (non-hydrogen) atoms. The van der Waals surface area contributed by atoms with Crippen molar-refractivity contribution in [2.45, 2.75) is 6.18 Å². The lowest BCUT2D eigenvalue weighted by atomic mass is 10.1. The first kappa shape index (κ1) is 14.8. The highest BCUT2D eigenvalue weighted by Crippen LogP contribution is 2.36. The average molecular weight is 325 g/mol. The summed E-state index contributed by atoms with van der Waals surface area (Å²) < 4.78 is 38.6. The number of nitrogens with one attached hydrogen (secondary N) is 1. The van der Waals surface area contributed by atoms with Gasteiger partial charge in [-0.1, -0.05) is 15.9 Å². The summed E-state index contributed by atoms with van der Waals surface area (Å²) in [6.07, 6.45) is -4.47. The van der Waals surface area contributed by atoms with Crippen molar-refractivity contribution in [3.05, 3.63) is 28.2 Å². The molecule has 0 saturated carbocycles. The van der Waals surface area contributed by atoms with E-state index in [2.05, 4.69) is 21.2 Å². The van der Waals surface area contributed by atoms with Gasteiger partial charge in [-0.3, -0.25) is 4.79 Å². The molecular weight excluding hydrogens is 313 g/mol. The number of anilines is 1. The van der Waals surface area contributed by atoms with Crippen LogP contribution in [0.1, 0.15) is 5.56 Å². The van der Waals surface area contributed by atoms with Crippen molar-refractivity contribution in [3.63, 3.8) is 0 Å². The molecule has 0 heterocycles. The van der Waals surface area contributed by atoms with Gasteiger partial charge in [0.15, 0.2) is 0 Å². The Morgan fingerprint density at radius 1 is 1.39 bits per heavy atom. The normalized spacial score (nSPS) is 11.2. The number of hydrogen-bond acceptors (Lipinski definition) is 2. The second-order valence-electron chi connectivity index (χ2n) is 3.83. The van der Waals surface area contributed by atoms with Gasteiger partial charge in [0, 0.05) is 24.3 Å². The lowest BCUT2D eigenvalue weighted by Crippen LogP contribution is -2.29. The Hall–Kier alpha value is -1.24. The van der Waals surface area contributed by atoms with E-state index in [1.54, 1.807) is 0 Å². The molecule has 0 aromatic heterocycles. The van der Waals surface area contributed by atoms with Gasteiger partial charge in [0.1, 0.15) is 0 Å². The molecule has 0 aliphatic rings. The van der Waals surface area contributed by atoms with Crippen LogP contribution in [0.4, 0.5) is 18.9 Å². The molecule has 1 aromatic carbocycles. The molecule has 1 amide bonds. The van der Waals surface area contributed by atoms with Gasteiger partial charge in [0.2, 0.25) is 5.91 Å². The van der Waals surface area contributed by atoms with Crippen molar-refractivity contribution < 1.29 is 18.0 Å². The topological polar surface area (TPSA) is 32.3 Å². The van der Waals surface area contributed by atoms with E-state index >= 15 is 0 Å². The van der Waals surface area contributed by atoms with Crippen molar-refractivity contribution >= 4 is 27.5 Å². The van der Waals surface area contributed by atoms with Crippen LogP contribution in [0.5, 0.6) is 0 Å². The number of amides is 1. The van der Waals surface area contributed by atoms with E-state index in [0.717, 1.165) is 6.07 Å². The van der Waals surface area contributed by atoms with Crippen LogP contribution < -0.4 is 5.32 Å². The van der Waals surface area contributed by atoms with E-state index in [9.17, 15) is 18.0 Å². The summed E-state index contributed by atoms with van der Waals surface area (Å²) in [6.45, 7) is -0.183. The summed E-state index contributed by atoms with van der Waals surface area (Å²) in [6, 6.07) is 3.75. The van der Waals surface area contributed by atoms with Crippen LogP contribution in [0.15, 0.2) is 22.7 Å². The minimum absolute atomic E-state index is 0.110. The lowest BCUT2D eigenvalue weighted by Gasteiger charge is -2.16. The number of nitrogens with zero attached hydrogens (tertiary/aromatic N) is 1. The smallest absolute Gasteiger partial charge is 0.376 e. The monoisotopic (exact) mass is 324 g/mol. The highest BCUT2D eigenvalue weighted by molar-refractivity contribution is 9.10. The molecule has 0 atom stereocenters. The summed E-state index contributed by atoms with van der Waals surface area (Å²) in [5.74, 6) is -0.300. The van der Waals surface area contributed by atoms with Gasteiger partial charge in [0.05, 0.1) is 12.1 Å². The highest BCUT2D eigenvalue weighted by Gasteiger charge is 2.33. The number of hydrogen-bond donors (Lipinski definition) is 1. The van der Waals surface area contributed by atoms with Gasteiger partial charge in [0.25, 0.3) is 0 Å². The van der Waals surface area contributed by atoms with Crippen molar-refractivity contribution in [1.29, 1.82) is 0 Å². The summed E-state index contributed by atoms with van der Waals surface area (Å²) in [7, 11) is 3.08. The SMILES string of the molecule is CN(C)C(=O)CNc1ccc(Br)cc1C(F)(F)F. The van der Waals surface area contributed by atoms with Gasteiger partial charge >= 0.3 is 6.18 Å². The van der Waals surface area contributed by atoms with Gasteiger partial charge in [-0.25, -0.2) is 0 Å². The van der Waals surface area contributed by atoms with Crippen LogP contribution in [-0.2, 0) is 11.0 Å². The third-order valence-corrected chi connectivity index (χ3v) is 2.71. The van der Waals surface area contributed by atoms with Crippen molar-refractivity contribution in [3.8, 4) is 0 Å². The van der Waals surface area contributed by atoms with Crippen LogP contribution >= 0.6 is 15.9 Å². The Labute approximate surface area is 111 Å². The number of likely N-dealkylation sites (N-methyl/N-ethyl adjacent to an activating group) is 1. The molecule has 1 N–H and O–H groups in total. The van der Waals surface area contributed by atoms with Crippen LogP contribution in [0.3, 0.4) is 0 Å². The standard InChI is InChI=1S/C11H12BrF3N2O/c1-17(2)10(18)6-16-9-4-3-7(12)5-8(9)11(13,14)15/h3-5,16H,6H2,1-2H3. The predicted molar refractivity (Wildman–Crippen MR) is 66.3 cm³/mol. The van der Waals surface area contributed by atoms with Gasteiger partial charge < -0.3 is 10.2 Å². The Kier molecular flexibility index (Phi) is 4.61. The molecule has 7 heteroatoms. The zero-order valence-electron chi connectivity index (χ0n) is 9.81. The van der Waals surface area contributed by atoms with E-state index in [1.807, 2.05) is 0 Å². The first-order valence-electron chi connectivity index (χ1n) is 5.02. The fraction of sp³-hybridized carbons (Fsp3) is 0.364. The van der Waals surface area contributed by atoms with Crippen molar-refractivity contribution in [2.24, 2.45) is 0 Å². The predicted octanol–water partition coefficient (Wildman–Crippen LogP) is 2.97. The number of rotatable bonds is 3. The number of benzene rings is 1. The van der Waals surface area contributed by atoms with Crippen LogP contribution in [-0.4, -0.2) is 31.4 Å². The molecule has 0 radical (unpaired) electrons. The average Bonchev–Trinajstić information content (AvgIpc) is 2.25. The highest BCUT2D eigenvalue weighted by atomic mass is 79.9. The number of halogens is 4. The molecule has 1 rings (SSSR count). The zero-order valence-corrected chi connectivity index (χ0v) is 11.4. The summed E-state index contributed by atoms with van der Waals surface area (Å²) in [5, 5.41) is 2.50. The maximum Gasteiger partial charge on any atom is 0.418 e. The quantitative estimate of drug-likeness (QED) is 0.927. The van der Waals surface area contributed by atoms with Crippen LogP contribution in [0.25, 0.3) is 0 Å². The maximum absolute atomic E-state index is 12.8. The summed E-state index contributed by atoms with van der Waals surface area (Å²) >= 11 is 2.99. The number of alkyl halides is 3. The van der Waals surface area contributed by atoms with Gasteiger partial charge in [-0.2, -0.15) is 13.2 Å². The van der Waals surface area contributed by atoms with Crippen molar-refractivity contribution in [2.75, 3.05) is 26.0 Å². The molecule has 0 bridgehead atoms. The molecule has 0 unspecified atom stereocenters. The Bertz CT molecular complexity index is 446. The summed E-state index contributed by atoms with van der Waals surface area (Å²) in [4.78, 5) is 12.6. The van der Waals surface area contributed by atoms with Gasteiger partial charge in [-0.05, 0) is 18.2 Å². The third-order valence-electron chi connectivity index (χ3n) is 2.22. The fourth-order valence-electron chi connectivity index (χ4n) is 1.23. The molecule has 0 aliphatic carbocycles. The molecular formula is C11H12BrF3N2O. The van der Waals surface area contributed by atoms with Crippen LogP contribution in [0.2, 0.25) is 0 Å². The largest absolute Gasteiger partial charge is 0.418 e. The first-order valence-corrected chi connectivity index (χ1v) is 5.82. The second-order valence-corrected chi connectivity index (χ2v) is 4.75. The Morgan fingerprint density at radius 3 is 2.50 bits per heavy atom. The van der Waals surface area contributed by atoms with E-state index < -0.39 is 11.7 Å². The molecule has 100 valence electrons. The number of carbonyl (C=O) groups is 1. The molecule has 0 saturated heterocycles. The Balaban J connectivity index is 2.92. The van der Waals surface area contributed by atoms with E-state index in [-0.39, 0.29) is 18.1 Å². The van der Waals surface area contributed by atoms with Crippen LogP contribution in [0, 0.1) is 0 Å². The summed E-state index contributed by atoms with van der Waals surface area (Å²) in [5.41, 5.74) is -0.913. The molecule has 3 nitrogen and oxygen atoms in total. The number of carbonyl (C=O) groups excluding carboxylic acids is 1. The zero-order chi connectivity index (χ0) is 13.9. The fourth-order valence-corrected chi connectivity index (χ4v) is 1.60. The Morgan fingerprint density at radius 2 is 2.00 bits per heavy atom. The van der Waals surface area contributed by atoms with Gasteiger partial charge in [-0.15, -0.1) is 0 Å². The van der Waals surface area contributed by atoms with E-state index in [0.29, 0.717) is 4.47 Å².